The van der Waals surface area contributed by atoms with Crippen LogP contribution in [0.3, 0.4) is 0 Å². The van der Waals surface area contributed by atoms with E-state index in [1.54, 1.807) is 7.11 Å². The Morgan fingerprint density at radius 2 is 1.95 bits per heavy atom. The highest BCUT2D eigenvalue weighted by Gasteiger charge is 2.45. The van der Waals surface area contributed by atoms with Gasteiger partial charge in [0.2, 0.25) is 5.91 Å². The van der Waals surface area contributed by atoms with Gasteiger partial charge >= 0.3 is 0 Å². The number of rotatable bonds is 13. The zero-order chi connectivity index (χ0) is 28.9. The molecule has 1 atom stereocenters. The molecule has 3 aliphatic rings. The van der Waals surface area contributed by atoms with E-state index in [0.717, 1.165) is 55.3 Å². The van der Waals surface area contributed by atoms with Crippen molar-refractivity contribution < 1.29 is 19.1 Å². The van der Waals surface area contributed by atoms with Crippen LogP contribution in [0.1, 0.15) is 44.3 Å². The summed E-state index contributed by atoms with van der Waals surface area (Å²) in [7, 11) is 5.00. The number of carbonyl (C=O) groups excluding carboxylic acids is 2. The van der Waals surface area contributed by atoms with Crippen LogP contribution in [0, 0.1) is 0 Å². The molecule has 3 heterocycles. The molecule has 2 aliphatic heterocycles. The van der Waals surface area contributed by atoms with Crippen molar-refractivity contribution in [2.24, 2.45) is 0 Å². The molecule has 1 fully saturated rings. The number of hydrogen-bond acceptors (Lipinski definition) is 9. The molecule has 1 aromatic rings. The highest BCUT2D eigenvalue weighted by molar-refractivity contribution is 5.96. The van der Waals surface area contributed by atoms with Crippen LogP contribution in [-0.4, -0.2) is 80.2 Å². The monoisotopic (exact) mass is 553 g/mol. The van der Waals surface area contributed by atoms with E-state index in [9.17, 15) is 9.59 Å². The molecule has 0 aromatic carbocycles. The van der Waals surface area contributed by atoms with Gasteiger partial charge in [-0.3, -0.25) is 14.5 Å². The van der Waals surface area contributed by atoms with Crippen molar-refractivity contribution in [3.63, 3.8) is 0 Å². The Hall–Kier alpha value is -3.83. The topological polar surface area (TPSA) is 120 Å². The number of methoxy groups -OCH3 is 2. The van der Waals surface area contributed by atoms with Crippen LogP contribution in [0.4, 0.5) is 5.82 Å². The smallest absolute Gasteiger partial charge is 0.279 e. The van der Waals surface area contributed by atoms with E-state index >= 15 is 0 Å². The Morgan fingerprint density at radius 1 is 1.18 bits per heavy atom. The summed E-state index contributed by atoms with van der Waals surface area (Å²) in [6, 6.07) is 4.23. The normalized spacial score (nSPS) is 18.4. The van der Waals surface area contributed by atoms with Gasteiger partial charge in [-0.05, 0) is 37.8 Å². The predicted molar refractivity (Wildman–Crippen MR) is 155 cm³/mol. The van der Waals surface area contributed by atoms with Gasteiger partial charge in [0.25, 0.3) is 5.91 Å². The van der Waals surface area contributed by atoms with E-state index in [0.29, 0.717) is 24.9 Å². The van der Waals surface area contributed by atoms with Crippen LogP contribution >= 0.6 is 0 Å². The number of nitrogens with zero attached hydrogens (tertiary/aromatic N) is 3. The van der Waals surface area contributed by atoms with Crippen LogP contribution in [0.25, 0.3) is 0 Å². The maximum absolute atomic E-state index is 13.0. The average Bonchev–Trinajstić information content (AvgIpc) is 3.69. The minimum absolute atomic E-state index is 0.0182. The first-order valence-corrected chi connectivity index (χ1v) is 13.7. The van der Waals surface area contributed by atoms with Crippen LogP contribution in [0.5, 0.6) is 0 Å². The fraction of sp³-hybridized carbons (Fsp3) is 0.483. The summed E-state index contributed by atoms with van der Waals surface area (Å²) in [4.78, 5) is 32.2. The Bertz CT molecular complexity index is 1100. The molecule has 4 N–H and O–H groups in total. The number of amides is 2. The SMILES string of the molecule is C=C1N(CCC)C2=C(NC(c3ccc(NC)nc3)N2)C(=O)N1C1CC1.COC/C=C\C/C=C\CNC(=O)COC. The van der Waals surface area contributed by atoms with Crippen molar-refractivity contribution in [2.75, 3.05) is 52.9 Å². The van der Waals surface area contributed by atoms with E-state index in [1.165, 1.54) is 7.11 Å². The molecular formula is C29H43N7O4. The number of ether oxygens (including phenoxy) is 2. The molecule has 0 radical (unpaired) electrons. The van der Waals surface area contributed by atoms with Crippen LogP contribution in [0.2, 0.25) is 0 Å². The second-order valence-electron chi connectivity index (χ2n) is 9.52. The van der Waals surface area contributed by atoms with E-state index in [4.69, 9.17) is 4.74 Å². The molecule has 0 saturated heterocycles. The molecule has 0 bridgehead atoms. The summed E-state index contributed by atoms with van der Waals surface area (Å²) in [5, 5.41) is 12.5. The summed E-state index contributed by atoms with van der Waals surface area (Å²) in [5.41, 5.74) is 1.62. The lowest BCUT2D eigenvalue weighted by Gasteiger charge is -2.38. The van der Waals surface area contributed by atoms with Crippen molar-refractivity contribution in [3.05, 3.63) is 72.1 Å². The first-order valence-electron chi connectivity index (χ1n) is 13.7. The standard InChI is InChI=1S/C18H24N6O.C11H19NO3/c1-4-9-23-11(2)24(13-6-7-13)18(25)15-17(23)22-16(21-15)12-5-8-14(19-3)20-10-12;1-14-9-7-5-3-4-6-8-12-11(13)10-15-2/h5,8,10,13,16,21-22H,2,4,6-7,9H2,1,3H3,(H,19,20);4-7H,3,8-10H2,1-2H3,(H,12,13)/b;6-4-,7-5-. The van der Waals surface area contributed by atoms with Gasteiger partial charge in [-0.15, -0.1) is 0 Å². The summed E-state index contributed by atoms with van der Waals surface area (Å²) >= 11 is 0. The third-order valence-electron chi connectivity index (χ3n) is 6.39. The minimum atomic E-state index is -0.168. The number of anilines is 1. The largest absolute Gasteiger partial charge is 0.381 e. The minimum Gasteiger partial charge on any atom is -0.381 e. The first-order chi connectivity index (χ1) is 19.4. The number of carbonyl (C=O) groups is 2. The van der Waals surface area contributed by atoms with E-state index in [2.05, 4.69) is 49.4 Å². The van der Waals surface area contributed by atoms with Gasteiger partial charge in [0, 0.05) is 52.2 Å². The second-order valence-corrected chi connectivity index (χ2v) is 9.52. The lowest BCUT2D eigenvalue weighted by Crippen LogP contribution is -2.47. The average molecular weight is 554 g/mol. The zero-order valence-electron chi connectivity index (χ0n) is 24.0. The van der Waals surface area contributed by atoms with Crippen LogP contribution in [-0.2, 0) is 19.1 Å². The van der Waals surface area contributed by atoms with Crippen LogP contribution in [0.15, 0.2) is 66.6 Å². The van der Waals surface area contributed by atoms with Crippen molar-refractivity contribution in [1.82, 2.24) is 30.7 Å². The molecule has 1 aliphatic carbocycles. The summed E-state index contributed by atoms with van der Waals surface area (Å²) in [6.45, 7) is 8.45. The second kappa shape index (κ2) is 15.7. The molecular weight excluding hydrogens is 510 g/mol. The van der Waals surface area contributed by atoms with Gasteiger partial charge < -0.3 is 35.6 Å². The Balaban J connectivity index is 0.000000255. The lowest BCUT2D eigenvalue weighted by atomic mass is 10.2. The van der Waals surface area contributed by atoms with Gasteiger partial charge in [-0.25, -0.2) is 4.98 Å². The molecule has 2 amide bonds. The quantitative estimate of drug-likeness (QED) is 0.273. The van der Waals surface area contributed by atoms with Gasteiger partial charge in [0.15, 0.2) is 0 Å². The van der Waals surface area contributed by atoms with Gasteiger partial charge in [0.05, 0.1) is 6.61 Å². The van der Waals surface area contributed by atoms with Crippen molar-refractivity contribution in [1.29, 1.82) is 0 Å². The molecule has 1 aromatic heterocycles. The number of pyridine rings is 1. The summed E-state index contributed by atoms with van der Waals surface area (Å²) in [5.74, 6) is 2.35. The zero-order valence-corrected chi connectivity index (χ0v) is 24.0. The third-order valence-corrected chi connectivity index (χ3v) is 6.39. The van der Waals surface area contributed by atoms with E-state index in [1.807, 2.05) is 54.6 Å². The van der Waals surface area contributed by atoms with Crippen molar-refractivity contribution in [2.45, 2.75) is 44.8 Å². The maximum Gasteiger partial charge on any atom is 0.279 e. The number of nitrogens with one attached hydrogen (secondary N) is 4. The fourth-order valence-electron chi connectivity index (χ4n) is 4.27. The Labute approximate surface area is 237 Å². The molecule has 0 spiro atoms. The third kappa shape index (κ3) is 8.33. The van der Waals surface area contributed by atoms with E-state index in [-0.39, 0.29) is 24.6 Å². The summed E-state index contributed by atoms with van der Waals surface area (Å²) < 4.78 is 9.51. The Kier molecular flexibility index (Phi) is 12.0. The van der Waals surface area contributed by atoms with Gasteiger partial charge in [0.1, 0.15) is 35.9 Å². The van der Waals surface area contributed by atoms with E-state index < -0.39 is 0 Å². The fourth-order valence-corrected chi connectivity index (χ4v) is 4.27. The molecule has 4 rings (SSSR count). The number of aromatic nitrogens is 1. The number of hydrogen-bond donors (Lipinski definition) is 4. The Morgan fingerprint density at radius 3 is 2.58 bits per heavy atom. The van der Waals surface area contributed by atoms with Crippen LogP contribution < -0.4 is 21.3 Å². The maximum atomic E-state index is 13.0. The summed E-state index contributed by atoms with van der Waals surface area (Å²) in [6.07, 6.45) is 13.4. The molecule has 40 heavy (non-hydrogen) atoms. The first kappa shape index (κ1) is 30.7. The lowest BCUT2D eigenvalue weighted by molar-refractivity contribution is -0.128. The highest BCUT2D eigenvalue weighted by atomic mass is 16.5. The van der Waals surface area contributed by atoms with Crippen molar-refractivity contribution >= 4 is 17.6 Å². The predicted octanol–water partition coefficient (Wildman–Crippen LogP) is 2.57. The van der Waals surface area contributed by atoms with Gasteiger partial charge in [-0.1, -0.05) is 37.8 Å². The van der Waals surface area contributed by atoms with Gasteiger partial charge in [-0.2, -0.15) is 0 Å². The molecule has 1 saturated carbocycles. The molecule has 11 nitrogen and oxygen atoms in total. The molecule has 11 heteroatoms. The van der Waals surface area contributed by atoms with Crippen molar-refractivity contribution in [3.8, 4) is 0 Å². The number of allylic oxidation sites excluding steroid dienone is 2. The highest BCUT2D eigenvalue weighted by Crippen LogP contribution is 2.38. The molecule has 218 valence electrons. The molecule has 1 unspecified atom stereocenters.